The third-order valence-electron chi connectivity index (χ3n) is 3.81. The number of benzene rings is 1. The second kappa shape index (κ2) is 6.55. The van der Waals surface area contributed by atoms with E-state index in [4.69, 9.17) is 10.9 Å². The van der Waals surface area contributed by atoms with Gasteiger partial charge >= 0.3 is 0 Å². The first-order valence-corrected chi connectivity index (χ1v) is 8.56. The Hall–Kier alpha value is -1.44. The molecule has 0 radical (unpaired) electrons. The quantitative estimate of drug-likeness (QED) is 0.716. The highest BCUT2D eigenvalue weighted by atomic mass is 32.2. The molecule has 0 aliphatic heterocycles. The van der Waals surface area contributed by atoms with Gasteiger partial charge in [-0.15, -0.1) is 0 Å². The van der Waals surface area contributed by atoms with Gasteiger partial charge in [-0.1, -0.05) is 12.1 Å². The number of carbonyl (C=O) groups excluding carboxylic acids is 1. The highest BCUT2D eigenvalue weighted by Gasteiger charge is 2.27. The van der Waals surface area contributed by atoms with Gasteiger partial charge in [-0.25, -0.2) is 13.6 Å². The summed E-state index contributed by atoms with van der Waals surface area (Å²) < 4.78 is 22.3. The highest BCUT2D eigenvalue weighted by Crippen LogP contribution is 2.23. The van der Waals surface area contributed by atoms with Gasteiger partial charge in [-0.2, -0.15) is 0 Å². The molecule has 1 fully saturated rings. The Labute approximate surface area is 124 Å². The normalized spacial score (nSPS) is 22.2. The minimum absolute atomic E-state index is 0.0322. The Morgan fingerprint density at radius 2 is 1.90 bits per heavy atom. The number of amides is 1. The van der Waals surface area contributed by atoms with Crippen molar-refractivity contribution in [1.82, 2.24) is 5.32 Å². The molecule has 0 heterocycles. The van der Waals surface area contributed by atoms with E-state index in [-0.39, 0.29) is 22.8 Å². The van der Waals surface area contributed by atoms with Crippen molar-refractivity contribution in [3.63, 3.8) is 0 Å². The fourth-order valence-electron chi connectivity index (χ4n) is 2.57. The number of rotatable bonds is 5. The van der Waals surface area contributed by atoms with E-state index in [2.05, 4.69) is 5.32 Å². The van der Waals surface area contributed by atoms with Crippen molar-refractivity contribution in [2.45, 2.75) is 36.6 Å². The van der Waals surface area contributed by atoms with Gasteiger partial charge in [0.25, 0.3) is 0 Å². The van der Waals surface area contributed by atoms with E-state index < -0.39 is 10.0 Å². The van der Waals surface area contributed by atoms with Crippen LogP contribution in [0.15, 0.2) is 29.2 Å². The van der Waals surface area contributed by atoms with Gasteiger partial charge in [0, 0.05) is 18.5 Å². The van der Waals surface area contributed by atoms with Crippen molar-refractivity contribution in [2.24, 2.45) is 16.8 Å². The van der Waals surface area contributed by atoms with Gasteiger partial charge in [-0.3, -0.25) is 4.79 Å². The number of primary sulfonamides is 1. The van der Waals surface area contributed by atoms with Crippen molar-refractivity contribution >= 4 is 15.9 Å². The van der Waals surface area contributed by atoms with Crippen LogP contribution in [0.4, 0.5) is 0 Å². The molecule has 21 heavy (non-hydrogen) atoms. The van der Waals surface area contributed by atoms with Crippen LogP contribution < -0.4 is 16.2 Å². The predicted octanol–water partition coefficient (Wildman–Crippen LogP) is 0.120. The molecule has 5 N–H and O–H groups in total. The van der Waals surface area contributed by atoms with Crippen molar-refractivity contribution in [2.75, 3.05) is 6.54 Å². The first-order chi connectivity index (χ1) is 9.86. The second-order valence-corrected chi connectivity index (χ2v) is 7.06. The molecule has 2 unspecified atom stereocenters. The summed E-state index contributed by atoms with van der Waals surface area (Å²) in [5.41, 5.74) is 6.74. The average Bonchev–Trinajstić information content (AvgIpc) is 2.85. The van der Waals surface area contributed by atoms with Crippen LogP contribution in [0.2, 0.25) is 0 Å². The van der Waals surface area contributed by atoms with Crippen LogP contribution >= 0.6 is 0 Å². The fraction of sp³-hybridized carbons (Fsp3) is 0.500. The third-order valence-corrected chi connectivity index (χ3v) is 4.74. The lowest BCUT2D eigenvalue weighted by Gasteiger charge is -2.10. The monoisotopic (exact) mass is 311 g/mol. The zero-order valence-electron chi connectivity index (χ0n) is 11.8. The van der Waals surface area contributed by atoms with Crippen LogP contribution in [0.25, 0.3) is 0 Å². The van der Waals surface area contributed by atoms with Crippen LogP contribution in [0.5, 0.6) is 0 Å². The molecule has 7 heteroatoms. The lowest BCUT2D eigenvalue weighted by molar-refractivity contribution is -0.124. The molecule has 116 valence electrons. The zero-order valence-corrected chi connectivity index (χ0v) is 12.6. The highest BCUT2D eigenvalue weighted by molar-refractivity contribution is 7.89. The number of nitrogens with one attached hydrogen (secondary N) is 1. The summed E-state index contributed by atoms with van der Waals surface area (Å²) in [7, 11) is -3.65. The number of hydrogen-bond acceptors (Lipinski definition) is 4. The van der Waals surface area contributed by atoms with E-state index in [1.54, 1.807) is 12.1 Å². The van der Waals surface area contributed by atoms with Gasteiger partial charge in [0.2, 0.25) is 15.9 Å². The second-order valence-electron chi connectivity index (χ2n) is 5.50. The van der Waals surface area contributed by atoms with E-state index in [1.165, 1.54) is 12.1 Å². The molecule has 1 saturated carbocycles. The Morgan fingerprint density at radius 1 is 1.24 bits per heavy atom. The molecule has 2 rings (SSSR count). The number of carbonyl (C=O) groups is 1. The standard InChI is InChI=1S/C14H21N3O3S/c15-12-4-3-11(9-12)14(18)17-8-7-10-1-5-13(6-2-10)21(16,19)20/h1-2,5-6,11-12H,3-4,7-9,15H2,(H,17,18)(H2,16,19,20). The lowest BCUT2D eigenvalue weighted by atomic mass is 10.1. The van der Waals surface area contributed by atoms with E-state index in [0.29, 0.717) is 13.0 Å². The van der Waals surface area contributed by atoms with Crippen molar-refractivity contribution in [1.29, 1.82) is 0 Å². The first-order valence-electron chi connectivity index (χ1n) is 7.01. The average molecular weight is 311 g/mol. The molecule has 2 atom stereocenters. The minimum atomic E-state index is -3.65. The summed E-state index contributed by atoms with van der Waals surface area (Å²) in [6, 6.07) is 6.51. The van der Waals surface area contributed by atoms with Crippen LogP contribution in [0.3, 0.4) is 0 Å². The maximum atomic E-state index is 11.9. The summed E-state index contributed by atoms with van der Waals surface area (Å²) in [4.78, 5) is 12.0. The smallest absolute Gasteiger partial charge is 0.238 e. The molecular formula is C14H21N3O3S. The van der Waals surface area contributed by atoms with Gasteiger partial charge in [-0.05, 0) is 43.4 Å². The van der Waals surface area contributed by atoms with Crippen LogP contribution in [0.1, 0.15) is 24.8 Å². The van der Waals surface area contributed by atoms with Gasteiger partial charge in [0.15, 0.2) is 0 Å². The van der Waals surface area contributed by atoms with E-state index in [1.807, 2.05) is 0 Å². The van der Waals surface area contributed by atoms with Crippen LogP contribution in [-0.2, 0) is 21.2 Å². The van der Waals surface area contributed by atoms with Crippen molar-refractivity contribution < 1.29 is 13.2 Å². The van der Waals surface area contributed by atoms with E-state index in [0.717, 1.165) is 24.8 Å². The Kier molecular flexibility index (Phi) is 4.97. The SMILES string of the molecule is NC1CCC(C(=O)NCCc2ccc(S(N)(=O)=O)cc2)C1. The summed E-state index contributed by atoms with van der Waals surface area (Å²) >= 11 is 0. The Balaban J connectivity index is 1.80. The molecule has 1 aliphatic rings. The fourth-order valence-corrected chi connectivity index (χ4v) is 3.09. The Morgan fingerprint density at radius 3 is 2.43 bits per heavy atom. The molecule has 1 amide bonds. The topological polar surface area (TPSA) is 115 Å². The molecule has 0 saturated heterocycles. The summed E-state index contributed by atoms with van der Waals surface area (Å²) in [5.74, 6) is 0.0915. The molecule has 1 aliphatic carbocycles. The maximum Gasteiger partial charge on any atom is 0.238 e. The third kappa shape index (κ3) is 4.52. The predicted molar refractivity (Wildman–Crippen MR) is 79.8 cm³/mol. The summed E-state index contributed by atoms with van der Waals surface area (Å²) in [6.45, 7) is 0.527. The van der Waals surface area contributed by atoms with Gasteiger partial charge in [0.05, 0.1) is 4.90 Å². The van der Waals surface area contributed by atoms with Crippen molar-refractivity contribution in [3.05, 3.63) is 29.8 Å². The Bertz CT molecular complexity index is 598. The summed E-state index contributed by atoms with van der Waals surface area (Å²) in [6.07, 6.45) is 3.17. The van der Waals surface area contributed by atoms with Crippen LogP contribution in [-0.4, -0.2) is 26.9 Å². The van der Waals surface area contributed by atoms with Crippen molar-refractivity contribution in [3.8, 4) is 0 Å². The molecule has 1 aromatic rings. The maximum absolute atomic E-state index is 11.9. The molecule has 1 aromatic carbocycles. The number of sulfonamides is 1. The van der Waals surface area contributed by atoms with E-state index in [9.17, 15) is 13.2 Å². The largest absolute Gasteiger partial charge is 0.356 e. The van der Waals surface area contributed by atoms with E-state index >= 15 is 0 Å². The molecule has 0 aromatic heterocycles. The van der Waals surface area contributed by atoms with Gasteiger partial charge in [0.1, 0.15) is 0 Å². The molecule has 0 spiro atoms. The minimum Gasteiger partial charge on any atom is -0.356 e. The molecule has 6 nitrogen and oxygen atoms in total. The molecule has 0 bridgehead atoms. The molecular weight excluding hydrogens is 290 g/mol. The number of nitrogens with two attached hydrogens (primary N) is 2. The van der Waals surface area contributed by atoms with Crippen LogP contribution in [0, 0.1) is 5.92 Å². The zero-order chi connectivity index (χ0) is 15.5. The summed E-state index contributed by atoms with van der Waals surface area (Å²) in [5, 5.41) is 7.93. The van der Waals surface area contributed by atoms with Gasteiger partial charge < -0.3 is 11.1 Å². The number of hydrogen-bond donors (Lipinski definition) is 3. The first kappa shape index (κ1) is 15.9. The lowest BCUT2D eigenvalue weighted by Crippen LogP contribution is -2.31.